The van der Waals surface area contributed by atoms with Gasteiger partial charge in [-0.15, -0.1) is 0 Å². The van der Waals surface area contributed by atoms with E-state index in [-0.39, 0.29) is 17.9 Å². The Hall–Kier alpha value is -1.00. The van der Waals surface area contributed by atoms with Crippen LogP contribution in [-0.4, -0.2) is 24.5 Å². The van der Waals surface area contributed by atoms with Gasteiger partial charge in [-0.1, -0.05) is 6.42 Å². The van der Waals surface area contributed by atoms with Crippen molar-refractivity contribution < 1.29 is 8.78 Å². The quantitative estimate of drug-likeness (QED) is 0.817. The first-order valence-electron chi connectivity index (χ1n) is 6.00. The summed E-state index contributed by atoms with van der Waals surface area (Å²) < 4.78 is 27.0. The summed E-state index contributed by atoms with van der Waals surface area (Å²) in [7, 11) is 1.92. The van der Waals surface area contributed by atoms with Crippen molar-refractivity contribution in [2.24, 2.45) is 5.73 Å². The fourth-order valence-corrected chi connectivity index (χ4v) is 2.57. The summed E-state index contributed by atoms with van der Waals surface area (Å²) in [5.74, 6) is -0.785. The second-order valence-electron chi connectivity index (χ2n) is 4.75. The number of nitrogens with two attached hydrogens (primary N) is 1. The third-order valence-electron chi connectivity index (χ3n) is 3.46. The molecule has 2 nitrogen and oxygen atoms in total. The van der Waals surface area contributed by atoms with Crippen molar-refractivity contribution in [3.8, 4) is 0 Å². The minimum Gasteiger partial charge on any atom is -0.326 e. The summed E-state index contributed by atoms with van der Waals surface area (Å²) in [4.78, 5) is 2.02. The molecule has 0 aromatic heterocycles. The molecule has 0 spiro atoms. The molecule has 1 aromatic carbocycles. The average Bonchev–Trinajstić information content (AvgIpc) is 2.44. The zero-order chi connectivity index (χ0) is 12.4. The Morgan fingerprint density at radius 2 is 2.06 bits per heavy atom. The van der Waals surface area contributed by atoms with Crippen molar-refractivity contribution in [1.82, 2.24) is 4.90 Å². The monoisotopic (exact) mass is 240 g/mol. The molecule has 1 aromatic rings. The first-order valence-corrected chi connectivity index (χ1v) is 6.00. The van der Waals surface area contributed by atoms with E-state index in [1.54, 1.807) is 0 Å². The summed E-state index contributed by atoms with van der Waals surface area (Å²) in [6.07, 6.45) is 2.95. The second kappa shape index (κ2) is 5.10. The number of likely N-dealkylation sites (tertiary alicyclic amines) is 1. The summed E-state index contributed by atoms with van der Waals surface area (Å²) in [5.41, 5.74) is 6.47. The summed E-state index contributed by atoms with van der Waals surface area (Å²) in [6.45, 7) is 0.869. The highest BCUT2D eigenvalue weighted by molar-refractivity contribution is 5.24. The van der Waals surface area contributed by atoms with Gasteiger partial charge in [-0.3, -0.25) is 4.90 Å². The molecule has 17 heavy (non-hydrogen) atoms. The first-order chi connectivity index (χ1) is 8.09. The number of halogens is 2. The van der Waals surface area contributed by atoms with Gasteiger partial charge in [0, 0.05) is 11.6 Å². The summed E-state index contributed by atoms with van der Waals surface area (Å²) in [5, 5.41) is 0. The number of hydrogen-bond donors (Lipinski definition) is 1. The number of likely N-dealkylation sites (N-methyl/N-ethyl adjacent to an activating group) is 1. The molecule has 1 fully saturated rings. The largest absolute Gasteiger partial charge is 0.326 e. The molecule has 0 radical (unpaired) electrons. The Morgan fingerprint density at radius 3 is 2.82 bits per heavy atom. The molecule has 2 atom stereocenters. The van der Waals surface area contributed by atoms with Crippen LogP contribution in [0.25, 0.3) is 0 Å². The third-order valence-corrected chi connectivity index (χ3v) is 3.46. The molecule has 0 saturated carbocycles. The van der Waals surface area contributed by atoms with Crippen molar-refractivity contribution in [3.05, 3.63) is 35.4 Å². The van der Waals surface area contributed by atoms with E-state index in [1.807, 2.05) is 11.9 Å². The Kier molecular flexibility index (Phi) is 3.74. The van der Waals surface area contributed by atoms with E-state index < -0.39 is 5.82 Å². The van der Waals surface area contributed by atoms with E-state index >= 15 is 0 Å². The van der Waals surface area contributed by atoms with E-state index in [0.717, 1.165) is 31.9 Å². The summed E-state index contributed by atoms with van der Waals surface area (Å²) in [6, 6.07) is 3.21. The molecule has 2 N–H and O–H groups in total. The summed E-state index contributed by atoms with van der Waals surface area (Å²) >= 11 is 0. The average molecular weight is 240 g/mol. The maximum atomic E-state index is 13.8. The van der Waals surface area contributed by atoms with E-state index in [4.69, 9.17) is 5.73 Å². The maximum absolute atomic E-state index is 13.8. The van der Waals surface area contributed by atoms with Crippen molar-refractivity contribution in [1.29, 1.82) is 0 Å². The minimum atomic E-state index is -0.411. The van der Waals surface area contributed by atoms with Gasteiger partial charge in [-0.2, -0.15) is 0 Å². The standard InChI is InChI=1S/C13H18F2N2/c1-17-7-3-2-4-12(16)13(17)10-8-9(14)5-6-11(10)15/h5-6,8,12-13H,2-4,7,16H2,1H3. The molecule has 1 saturated heterocycles. The van der Waals surface area contributed by atoms with Gasteiger partial charge >= 0.3 is 0 Å². The van der Waals surface area contributed by atoms with Crippen LogP contribution in [0, 0.1) is 11.6 Å². The lowest BCUT2D eigenvalue weighted by molar-refractivity contribution is 0.224. The Bertz CT molecular complexity index is 383. The molecule has 4 heteroatoms. The fraction of sp³-hybridized carbons (Fsp3) is 0.538. The molecule has 2 rings (SSSR count). The molecule has 1 aliphatic heterocycles. The number of nitrogens with zero attached hydrogens (tertiary/aromatic N) is 1. The van der Waals surface area contributed by atoms with Crippen LogP contribution in [0.3, 0.4) is 0 Å². The highest BCUT2D eigenvalue weighted by Gasteiger charge is 2.28. The van der Waals surface area contributed by atoms with E-state index in [0.29, 0.717) is 5.56 Å². The lowest BCUT2D eigenvalue weighted by Crippen LogP contribution is -2.38. The molecule has 2 unspecified atom stereocenters. The SMILES string of the molecule is CN1CCCCC(N)C1c1cc(F)ccc1F. The van der Waals surface area contributed by atoms with E-state index in [9.17, 15) is 8.78 Å². The topological polar surface area (TPSA) is 29.3 Å². The van der Waals surface area contributed by atoms with Crippen LogP contribution in [0.1, 0.15) is 30.9 Å². The van der Waals surface area contributed by atoms with Crippen LogP contribution in [0.5, 0.6) is 0 Å². The van der Waals surface area contributed by atoms with Crippen molar-refractivity contribution in [2.45, 2.75) is 31.3 Å². The van der Waals surface area contributed by atoms with Crippen molar-refractivity contribution in [2.75, 3.05) is 13.6 Å². The van der Waals surface area contributed by atoms with Gasteiger partial charge in [0.1, 0.15) is 11.6 Å². The van der Waals surface area contributed by atoms with Gasteiger partial charge in [0.15, 0.2) is 0 Å². The van der Waals surface area contributed by atoms with Gasteiger partial charge in [0.2, 0.25) is 0 Å². The Balaban J connectivity index is 2.37. The van der Waals surface area contributed by atoms with Crippen LogP contribution >= 0.6 is 0 Å². The van der Waals surface area contributed by atoms with Crippen LogP contribution in [0.15, 0.2) is 18.2 Å². The van der Waals surface area contributed by atoms with E-state index in [1.165, 1.54) is 12.1 Å². The predicted octanol–water partition coefficient (Wildman–Crippen LogP) is 2.45. The molecule has 0 bridgehead atoms. The van der Waals surface area contributed by atoms with E-state index in [2.05, 4.69) is 0 Å². The van der Waals surface area contributed by atoms with Gasteiger partial charge in [-0.25, -0.2) is 8.78 Å². The number of benzene rings is 1. The first kappa shape index (κ1) is 12.5. The van der Waals surface area contributed by atoms with Gasteiger partial charge < -0.3 is 5.73 Å². The van der Waals surface area contributed by atoms with Gasteiger partial charge in [0.05, 0.1) is 6.04 Å². The van der Waals surface area contributed by atoms with Crippen LogP contribution in [0.4, 0.5) is 8.78 Å². The number of rotatable bonds is 1. The van der Waals surface area contributed by atoms with Crippen molar-refractivity contribution in [3.63, 3.8) is 0 Å². The van der Waals surface area contributed by atoms with Crippen molar-refractivity contribution >= 4 is 0 Å². The lowest BCUT2D eigenvalue weighted by Gasteiger charge is -2.30. The minimum absolute atomic E-state index is 0.140. The van der Waals surface area contributed by atoms with Crippen LogP contribution < -0.4 is 5.73 Å². The Labute approximate surface area is 100 Å². The molecule has 94 valence electrons. The zero-order valence-corrected chi connectivity index (χ0v) is 10.00. The fourth-order valence-electron chi connectivity index (χ4n) is 2.57. The maximum Gasteiger partial charge on any atom is 0.128 e. The predicted molar refractivity (Wildman–Crippen MR) is 63.6 cm³/mol. The Morgan fingerprint density at radius 1 is 1.29 bits per heavy atom. The molecule has 0 amide bonds. The molecular weight excluding hydrogens is 222 g/mol. The van der Waals surface area contributed by atoms with Gasteiger partial charge in [-0.05, 0) is 44.6 Å². The molecule has 1 aliphatic rings. The normalized spacial score (nSPS) is 26.8. The number of hydrogen-bond acceptors (Lipinski definition) is 2. The smallest absolute Gasteiger partial charge is 0.128 e. The zero-order valence-electron chi connectivity index (χ0n) is 10.00. The van der Waals surface area contributed by atoms with Crippen LogP contribution in [-0.2, 0) is 0 Å². The van der Waals surface area contributed by atoms with Crippen LogP contribution in [0.2, 0.25) is 0 Å². The lowest BCUT2D eigenvalue weighted by atomic mass is 9.96. The molecular formula is C13H18F2N2. The molecule has 1 heterocycles. The van der Waals surface area contributed by atoms with Gasteiger partial charge in [0.25, 0.3) is 0 Å². The highest BCUT2D eigenvalue weighted by Crippen LogP contribution is 2.30. The third kappa shape index (κ3) is 2.64. The molecule has 0 aliphatic carbocycles. The second-order valence-corrected chi connectivity index (χ2v) is 4.75. The highest BCUT2D eigenvalue weighted by atomic mass is 19.1.